The van der Waals surface area contributed by atoms with E-state index in [0.717, 1.165) is 25.1 Å². The minimum atomic E-state index is -4.57. The first-order valence-electron chi connectivity index (χ1n) is 9.96. The Bertz CT molecular complexity index is 843. The Balaban J connectivity index is 1.60. The Kier molecular flexibility index (Phi) is 7.12. The van der Waals surface area contributed by atoms with Crippen LogP contribution >= 0.6 is 0 Å². The lowest BCUT2D eigenvalue weighted by atomic mass is 10.1. The highest BCUT2D eigenvalue weighted by Crippen LogP contribution is 2.28. The molecule has 2 aromatic rings. The quantitative estimate of drug-likeness (QED) is 0.620. The third kappa shape index (κ3) is 5.84. The Labute approximate surface area is 173 Å². The molecule has 0 saturated carbocycles. The first-order chi connectivity index (χ1) is 14.4. The Morgan fingerprint density at radius 3 is 2.70 bits per heavy atom. The molecule has 1 aromatic heterocycles. The van der Waals surface area contributed by atoms with E-state index >= 15 is 0 Å². The van der Waals surface area contributed by atoms with E-state index in [-0.39, 0.29) is 18.5 Å². The van der Waals surface area contributed by atoms with Gasteiger partial charge in [0, 0.05) is 18.3 Å². The average molecular weight is 423 g/mol. The summed E-state index contributed by atoms with van der Waals surface area (Å²) >= 11 is 0. The van der Waals surface area contributed by atoms with Crippen LogP contribution in [0.2, 0.25) is 0 Å². The van der Waals surface area contributed by atoms with Crippen LogP contribution in [0.5, 0.6) is 11.8 Å². The fourth-order valence-electron chi connectivity index (χ4n) is 3.13. The molecule has 0 aliphatic carbocycles. The van der Waals surface area contributed by atoms with Crippen molar-refractivity contribution in [2.75, 3.05) is 19.7 Å². The van der Waals surface area contributed by atoms with Crippen LogP contribution in [0.1, 0.15) is 48.7 Å². The first-order valence-corrected chi connectivity index (χ1v) is 9.96. The van der Waals surface area contributed by atoms with Gasteiger partial charge in [-0.25, -0.2) is 4.98 Å². The van der Waals surface area contributed by atoms with Crippen molar-refractivity contribution in [3.05, 3.63) is 47.8 Å². The van der Waals surface area contributed by atoms with Crippen LogP contribution in [-0.4, -0.2) is 46.6 Å². The zero-order chi connectivity index (χ0) is 21.6. The van der Waals surface area contributed by atoms with Crippen LogP contribution in [-0.2, 0) is 6.18 Å². The molecule has 162 valence electrons. The highest BCUT2D eigenvalue weighted by molar-refractivity contribution is 5.94. The van der Waals surface area contributed by atoms with Gasteiger partial charge < -0.3 is 14.4 Å². The highest BCUT2D eigenvalue weighted by Gasteiger charge is 2.33. The van der Waals surface area contributed by atoms with Crippen LogP contribution in [0.3, 0.4) is 0 Å². The number of aromatic nitrogens is 2. The summed E-state index contributed by atoms with van der Waals surface area (Å²) in [7, 11) is 0. The number of ether oxygens (including phenoxy) is 2. The molecule has 1 aliphatic heterocycles. The summed E-state index contributed by atoms with van der Waals surface area (Å²) in [6.07, 6.45) is -0.737. The second-order valence-electron chi connectivity index (χ2n) is 7.08. The van der Waals surface area contributed by atoms with Gasteiger partial charge in [0.15, 0.2) is 5.69 Å². The number of alkyl halides is 3. The predicted octanol–water partition coefficient (Wildman–Crippen LogP) is 4.36. The number of amides is 1. The fraction of sp³-hybridized carbons (Fsp3) is 0.476. The number of nitrogens with zero attached hydrogens (tertiary/aromatic N) is 3. The molecule has 0 bridgehead atoms. The van der Waals surface area contributed by atoms with Crippen molar-refractivity contribution in [3.63, 3.8) is 0 Å². The van der Waals surface area contributed by atoms with Crippen molar-refractivity contribution in [1.29, 1.82) is 0 Å². The smallest absolute Gasteiger partial charge is 0.433 e. The monoisotopic (exact) mass is 423 g/mol. The lowest BCUT2D eigenvalue weighted by Gasteiger charge is -2.32. The van der Waals surface area contributed by atoms with E-state index in [1.165, 1.54) is 0 Å². The summed E-state index contributed by atoms with van der Waals surface area (Å²) in [5, 5.41) is 0. The second kappa shape index (κ2) is 9.77. The minimum Gasteiger partial charge on any atom is -0.494 e. The number of carbonyl (C=O) groups is 1. The van der Waals surface area contributed by atoms with E-state index in [2.05, 4.69) is 16.9 Å². The number of piperidine rings is 1. The summed E-state index contributed by atoms with van der Waals surface area (Å²) < 4.78 is 49.6. The molecule has 0 N–H and O–H groups in total. The number of rotatable bonds is 7. The van der Waals surface area contributed by atoms with Crippen molar-refractivity contribution in [1.82, 2.24) is 14.9 Å². The Morgan fingerprint density at radius 1 is 1.23 bits per heavy atom. The lowest BCUT2D eigenvalue weighted by Crippen LogP contribution is -2.44. The van der Waals surface area contributed by atoms with Gasteiger partial charge in [-0.2, -0.15) is 18.2 Å². The number of halogens is 3. The zero-order valence-electron chi connectivity index (χ0n) is 16.7. The number of hydrogen-bond donors (Lipinski definition) is 0. The third-order valence-electron chi connectivity index (χ3n) is 4.73. The van der Waals surface area contributed by atoms with Crippen LogP contribution < -0.4 is 9.47 Å². The van der Waals surface area contributed by atoms with Crippen molar-refractivity contribution in [3.8, 4) is 11.8 Å². The molecular weight excluding hydrogens is 399 g/mol. The molecule has 1 saturated heterocycles. The van der Waals surface area contributed by atoms with Crippen molar-refractivity contribution in [2.24, 2.45) is 0 Å². The maximum Gasteiger partial charge on any atom is 0.433 e. The molecule has 9 heteroatoms. The number of benzene rings is 1. The normalized spacial score (nSPS) is 16.9. The molecule has 30 heavy (non-hydrogen) atoms. The van der Waals surface area contributed by atoms with Crippen LogP contribution in [0.15, 0.2) is 36.5 Å². The minimum absolute atomic E-state index is 0.159. The molecule has 1 atom stereocenters. The zero-order valence-corrected chi connectivity index (χ0v) is 16.7. The van der Waals surface area contributed by atoms with Crippen LogP contribution in [0.4, 0.5) is 13.2 Å². The lowest BCUT2D eigenvalue weighted by molar-refractivity contribution is -0.141. The van der Waals surface area contributed by atoms with E-state index in [1.54, 1.807) is 29.2 Å². The van der Waals surface area contributed by atoms with Gasteiger partial charge >= 0.3 is 12.2 Å². The Hall–Kier alpha value is -2.84. The molecule has 2 heterocycles. The van der Waals surface area contributed by atoms with Gasteiger partial charge in [-0.1, -0.05) is 13.3 Å². The predicted molar refractivity (Wildman–Crippen MR) is 103 cm³/mol. The number of likely N-dealkylation sites (tertiary alicyclic amines) is 1. The van der Waals surface area contributed by atoms with Gasteiger partial charge in [-0.05, 0) is 49.6 Å². The van der Waals surface area contributed by atoms with Crippen molar-refractivity contribution < 1.29 is 27.4 Å². The van der Waals surface area contributed by atoms with Gasteiger partial charge in [-0.3, -0.25) is 4.79 Å². The molecule has 1 aromatic carbocycles. The van der Waals surface area contributed by atoms with Gasteiger partial charge in [0.1, 0.15) is 11.9 Å². The molecule has 1 unspecified atom stereocenters. The number of unbranched alkanes of at least 4 members (excludes halogenated alkanes) is 1. The largest absolute Gasteiger partial charge is 0.494 e. The van der Waals surface area contributed by atoms with E-state index in [9.17, 15) is 18.0 Å². The third-order valence-corrected chi connectivity index (χ3v) is 4.73. The highest BCUT2D eigenvalue weighted by atomic mass is 19.4. The summed E-state index contributed by atoms with van der Waals surface area (Å²) in [5.74, 6) is 0.551. The Morgan fingerprint density at radius 2 is 2.00 bits per heavy atom. The number of carbonyl (C=O) groups excluding carboxylic acids is 1. The molecule has 6 nitrogen and oxygen atoms in total. The van der Waals surface area contributed by atoms with Crippen molar-refractivity contribution in [2.45, 2.75) is 44.9 Å². The maximum absolute atomic E-state index is 12.8. The second-order valence-corrected chi connectivity index (χ2v) is 7.08. The SMILES string of the molecule is CCCCOc1ccc(C(=O)N2CCCC(Oc3nccc(C(F)(F)F)n3)C2)cc1. The number of hydrogen-bond acceptors (Lipinski definition) is 5. The van der Waals surface area contributed by atoms with Gasteiger partial charge in [-0.15, -0.1) is 0 Å². The average Bonchev–Trinajstić information content (AvgIpc) is 2.74. The molecule has 0 radical (unpaired) electrons. The summed E-state index contributed by atoms with van der Waals surface area (Å²) in [5.41, 5.74) is -0.536. The summed E-state index contributed by atoms with van der Waals surface area (Å²) in [6.45, 7) is 3.52. The molecule has 0 spiro atoms. The van der Waals surface area contributed by atoms with Crippen molar-refractivity contribution >= 4 is 5.91 Å². The first kappa shape index (κ1) is 21.9. The van der Waals surface area contributed by atoms with E-state index in [4.69, 9.17) is 9.47 Å². The summed E-state index contributed by atoms with van der Waals surface area (Å²) in [6, 6.07) is 7.40. The van der Waals surface area contributed by atoms with E-state index in [1.807, 2.05) is 0 Å². The molecule has 1 amide bonds. The van der Waals surface area contributed by atoms with E-state index in [0.29, 0.717) is 37.3 Å². The molecular formula is C21H24F3N3O3. The standard InChI is InChI=1S/C21H24F3N3O3/c1-2-3-13-29-16-8-6-15(7-9-16)19(28)27-12-4-5-17(14-27)30-20-25-11-10-18(26-20)21(22,23)24/h6-11,17H,2-5,12-14H2,1H3. The molecule has 1 aliphatic rings. The topological polar surface area (TPSA) is 64.5 Å². The molecule has 1 fully saturated rings. The van der Waals surface area contributed by atoms with Gasteiger partial charge in [0.2, 0.25) is 0 Å². The van der Waals surface area contributed by atoms with E-state index < -0.39 is 18.0 Å². The summed E-state index contributed by atoms with van der Waals surface area (Å²) in [4.78, 5) is 21.6. The fourth-order valence-corrected chi connectivity index (χ4v) is 3.13. The van der Waals surface area contributed by atoms with Crippen LogP contribution in [0.25, 0.3) is 0 Å². The van der Waals surface area contributed by atoms with Gasteiger partial charge in [0.05, 0.1) is 13.2 Å². The van der Waals surface area contributed by atoms with Crippen LogP contribution in [0, 0.1) is 0 Å². The maximum atomic E-state index is 12.8. The molecule has 3 rings (SSSR count). The van der Waals surface area contributed by atoms with Gasteiger partial charge in [0.25, 0.3) is 5.91 Å².